The second kappa shape index (κ2) is 9.78. The molecule has 0 saturated carbocycles. The number of hydrogen-bond acceptors (Lipinski definition) is 3. The zero-order chi connectivity index (χ0) is 22.4. The third kappa shape index (κ3) is 6.18. The molecule has 0 saturated heterocycles. The van der Waals surface area contributed by atoms with E-state index in [0.29, 0.717) is 11.5 Å². The first-order valence-corrected chi connectivity index (χ1v) is 9.42. The molecule has 0 aromatic heterocycles. The zero-order valence-corrected chi connectivity index (χ0v) is 16.3. The average molecular weight is 437 g/mol. The number of anilines is 1. The van der Waals surface area contributed by atoms with Crippen LogP contribution in [0, 0.1) is 5.82 Å². The van der Waals surface area contributed by atoms with Crippen molar-refractivity contribution < 1.29 is 31.8 Å². The molecule has 0 aliphatic heterocycles. The van der Waals surface area contributed by atoms with E-state index in [2.05, 4.69) is 0 Å². The highest BCUT2D eigenvalue weighted by Gasteiger charge is 2.39. The lowest BCUT2D eigenvalue weighted by atomic mass is 10.1. The molecule has 3 rings (SSSR count). The second-order valence-electron chi connectivity index (χ2n) is 6.91. The minimum Gasteiger partial charge on any atom is -0.457 e. The maximum Gasteiger partial charge on any atom is 0.416 e. The van der Waals surface area contributed by atoms with Crippen LogP contribution in [0.2, 0.25) is 0 Å². The Kier molecular flexibility index (Phi) is 7.12. The third-order valence-electron chi connectivity index (χ3n) is 4.56. The molecule has 3 nitrogen and oxygen atoms in total. The van der Waals surface area contributed by atoms with E-state index in [4.69, 9.17) is 4.74 Å². The summed E-state index contributed by atoms with van der Waals surface area (Å²) in [4.78, 5) is 1.18. The van der Waals surface area contributed by atoms with Gasteiger partial charge in [0.05, 0.1) is 6.54 Å². The van der Waals surface area contributed by atoms with Crippen LogP contribution in [0.25, 0.3) is 0 Å². The Labute approximate surface area is 176 Å². The summed E-state index contributed by atoms with van der Waals surface area (Å²) in [5.41, 5.74) is 0.495. The molecule has 0 aliphatic rings. The highest BCUT2D eigenvalue weighted by molar-refractivity contribution is 5.52. The first kappa shape index (κ1) is 22.6. The van der Waals surface area contributed by atoms with E-state index in [1.165, 1.54) is 29.2 Å². The van der Waals surface area contributed by atoms with Crippen LogP contribution < -0.4 is 9.64 Å². The third-order valence-corrected chi connectivity index (χ3v) is 4.56. The lowest BCUT2D eigenvalue weighted by molar-refractivity contribution is -0.200. The van der Waals surface area contributed by atoms with Crippen molar-refractivity contribution in [2.24, 2.45) is 0 Å². The minimum absolute atomic E-state index is 0.0129. The fraction of sp³-hybridized carbons (Fsp3) is 0.217. The molecule has 0 heterocycles. The van der Waals surface area contributed by atoms with Crippen molar-refractivity contribution in [3.8, 4) is 11.5 Å². The lowest BCUT2D eigenvalue weighted by Crippen LogP contribution is -2.41. The van der Waals surface area contributed by atoms with Gasteiger partial charge in [0, 0.05) is 23.9 Å². The second-order valence-corrected chi connectivity index (χ2v) is 6.91. The van der Waals surface area contributed by atoms with Crippen molar-refractivity contribution in [1.29, 1.82) is 0 Å². The molecule has 0 spiro atoms. The molecule has 1 atom stereocenters. The van der Waals surface area contributed by atoms with Gasteiger partial charge in [-0.15, -0.1) is 0 Å². The normalized spacial score (nSPS) is 12.5. The van der Waals surface area contributed by atoms with Crippen LogP contribution in [0.15, 0.2) is 72.8 Å². The zero-order valence-electron chi connectivity index (χ0n) is 16.3. The van der Waals surface area contributed by atoms with Gasteiger partial charge in [0.25, 0.3) is 0 Å². The Morgan fingerprint density at radius 1 is 0.903 bits per heavy atom. The van der Waals surface area contributed by atoms with E-state index in [-0.39, 0.29) is 23.4 Å². The van der Waals surface area contributed by atoms with E-state index < -0.39 is 31.3 Å². The lowest BCUT2D eigenvalue weighted by Gasteiger charge is -2.29. The number of ether oxygens (including phenoxy) is 1. The monoisotopic (exact) mass is 437 g/mol. The van der Waals surface area contributed by atoms with Crippen molar-refractivity contribution in [2.75, 3.05) is 11.4 Å². The predicted octanol–water partition coefficient (Wildman–Crippen LogP) is 6.02. The number of benzene rings is 3. The largest absolute Gasteiger partial charge is 0.457 e. The Morgan fingerprint density at radius 2 is 1.61 bits per heavy atom. The van der Waals surface area contributed by atoms with Crippen LogP contribution >= 0.6 is 0 Å². The van der Waals surface area contributed by atoms with Gasteiger partial charge in [0.1, 0.15) is 24.0 Å². The Balaban J connectivity index is 1.91. The summed E-state index contributed by atoms with van der Waals surface area (Å²) < 4.78 is 72.0. The van der Waals surface area contributed by atoms with Crippen molar-refractivity contribution in [3.05, 3.63) is 89.7 Å². The van der Waals surface area contributed by atoms with Gasteiger partial charge in [-0.05, 0) is 42.0 Å². The standard InChI is InChI=1S/C23H20F5NO2/c24-13-16-9-10-21(25)17(11-16)14-29(15-22(30)23(26,27)28)18-5-4-8-20(12-18)31-19-6-2-1-3-7-19/h1-12,22,30H,13-15H2/t22-/m1/s1. The molecule has 1 N–H and O–H groups in total. The van der Waals surface area contributed by atoms with Crippen molar-refractivity contribution in [3.63, 3.8) is 0 Å². The average Bonchev–Trinajstić information content (AvgIpc) is 2.75. The summed E-state index contributed by atoms with van der Waals surface area (Å²) in [5.74, 6) is 0.205. The van der Waals surface area contributed by atoms with E-state index in [9.17, 15) is 27.1 Å². The molecular weight excluding hydrogens is 417 g/mol. The maximum absolute atomic E-state index is 14.3. The van der Waals surface area contributed by atoms with Gasteiger partial charge in [0.2, 0.25) is 0 Å². The number of para-hydroxylation sites is 1. The topological polar surface area (TPSA) is 32.7 Å². The summed E-state index contributed by atoms with van der Waals surface area (Å²) in [5, 5.41) is 9.62. The Hall–Kier alpha value is -3.13. The van der Waals surface area contributed by atoms with Crippen LogP contribution in [0.1, 0.15) is 11.1 Å². The number of aliphatic hydroxyl groups is 1. The van der Waals surface area contributed by atoms with Gasteiger partial charge in [-0.25, -0.2) is 8.78 Å². The number of hydrogen-bond donors (Lipinski definition) is 1. The summed E-state index contributed by atoms with van der Waals surface area (Å²) in [7, 11) is 0. The van der Waals surface area contributed by atoms with Crippen LogP contribution in [0.3, 0.4) is 0 Å². The van der Waals surface area contributed by atoms with E-state index in [0.717, 1.165) is 6.07 Å². The maximum atomic E-state index is 14.3. The fourth-order valence-corrected chi connectivity index (χ4v) is 2.98. The van der Waals surface area contributed by atoms with Crippen LogP contribution in [0.5, 0.6) is 11.5 Å². The summed E-state index contributed by atoms with van der Waals surface area (Å²) in [6, 6.07) is 18.6. The molecule has 0 unspecified atom stereocenters. The summed E-state index contributed by atoms with van der Waals surface area (Å²) >= 11 is 0. The number of nitrogens with zero attached hydrogens (tertiary/aromatic N) is 1. The molecule has 0 radical (unpaired) electrons. The van der Waals surface area contributed by atoms with E-state index in [1.54, 1.807) is 36.4 Å². The van der Waals surface area contributed by atoms with Gasteiger partial charge < -0.3 is 14.7 Å². The first-order chi connectivity index (χ1) is 14.8. The number of halogens is 5. The van der Waals surface area contributed by atoms with E-state index >= 15 is 0 Å². The highest BCUT2D eigenvalue weighted by Crippen LogP contribution is 2.29. The summed E-state index contributed by atoms with van der Waals surface area (Å²) in [6.45, 7) is -1.97. The quantitative estimate of drug-likeness (QED) is 0.438. The molecule has 31 heavy (non-hydrogen) atoms. The predicted molar refractivity (Wildman–Crippen MR) is 107 cm³/mol. The van der Waals surface area contributed by atoms with Crippen LogP contribution in [-0.2, 0) is 13.2 Å². The van der Waals surface area contributed by atoms with E-state index in [1.807, 2.05) is 6.07 Å². The molecule has 8 heteroatoms. The molecule has 164 valence electrons. The number of aliphatic hydroxyl groups excluding tert-OH is 1. The summed E-state index contributed by atoms with van der Waals surface area (Å²) in [6.07, 6.45) is -7.51. The molecule has 0 amide bonds. The smallest absolute Gasteiger partial charge is 0.416 e. The van der Waals surface area contributed by atoms with Gasteiger partial charge in [0.15, 0.2) is 6.10 Å². The molecule has 0 fully saturated rings. The van der Waals surface area contributed by atoms with Crippen LogP contribution in [-0.4, -0.2) is 23.9 Å². The van der Waals surface area contributed by atoms with Gasteiger partial charge in [-0.3, -0.25) is 0 Å². The van der Waals surface area contributed by atoms with Crippen molar-refractivity contribution in [2.45, 2.75) is 25.5 Å². The molecule has 3 aromatic carbocycles. The SMILES string of the molecule is O[C@H](CN(Cc1cc(CF)ccc1F)c1cccc(Oc2ccccc2)c1)C(F)(F)F. The van der Waals surface area contributed by atoms with Gasteiger partial charge >= 0.3 is 6.18 Å². The Morgan fingerprint density at radius 3 is 2.29 bits per heavy atom. The van der Waals surface area contributed by atoms with Crippen molar-refractivity contribution >= 4 is 5.69 Å². The number of alkyl halides is 4. The van der Waals surface area contributed by atoms with Gasteiger partial charge in [-0.1, -0.05) is 30.3 Å². The minimum atomic E-state index is -4.85. The molecule has 0 aliphatic carbocycles. The molecule has 0 bridgehead atoms. The van der Waals surface area contributed by atoms with Crippen LogP contribution in [0.4, 0.5) is 27.6 Å². The Bertz CT molecular complexity index is 995. The highest BCUT2D eigenvalue weighted by atomic mass is 19.4. The first-order valence-electron chi connectivity index (χ1n) is 9.42. The van der Waals surface area contributed by atoms with Crippen molar-refractivity contribution in [1.82, 2.24) is 0 Å². The molecular formula is C23H20F5NO2. The van der Waals surface area contributed by atoms with Gasteiger partial charge in [-0.2, -0.15) is 13.2 Å². The molecule has 3 aromatic rings. The fourth-order valence-electron chi connectivity index (χ4n) is 2.98. The number of rotatable bonds is 8.